The van der Waals surface area contributed by atoms with Crippen molar-refractivity contribution in [3.63, 3.8) is 0 Å². The van der Waals surface area contributed by atoms with Gasteiger partial charge in [0, 0.05) is 18.8 Å². The van der Waals surface area contributed by atoms with E-state index in [4.69, 9.17) is 14.2 Å². The number of hydrogen-bond donors (Lipinski definition) is 2. The molecule has 130 valence electrons. The molecule has 3 aromatic rings. The Kier molecular flexibility index (Phi) is 4.79. The Hall–Kier alpha value is -3.15. The van der Waals surface area contributed by atoms with Gasteiger partial charge in [-0.15, -0.1) is 0 Å². The molecule has 0 unspecified atom stereocenters. The molecular weight excluding hydrogens is 320 g/mol. The lowest BCUT2D eigenvalue weighted by atomic mass is 10.1. The van der Waals surface area contributed by atoms with E-state index in [1.165, 1.54) is 14.2 Å². The van der Waals surface area contributed by atoms with E-state index in [2.05, 4.69) is 10.3 Å². The van der Waals surface area contributed by atoms with Crippen molar-refractivity contribution >= 4 is 16.8 Å². The number of amides is 1. The van der Waals surface area contributed by atoms with E-state index in [0.717, 1.165) is 11.1 Å². The third kappa shape index (κ3) is 3.10. The molecule has 25 heavy (non-hydrogen) atoms. The van der Waals surface area contributed by atoms with Gasteiger partial charge in [0.1, 0.15) is 0 Å². The molecule has 0 aliphatic rings. The molecule has 2 N–H and O–H groups in total. The van der Waals surface area contributed by atoms with Gasteiger partial charge < -0.3 is 24.5 Å². The quantitative estimate of drug-likeness (QED) is 0.723. The Morgan fingerprint density at radius 3 is 2.40 bits per heavy atom. The van der Waals surface area contributed by atoms with E-state index in [0.29, 0.717) is 34.7 Å². The second-order valence-corrected chi connectivity index (χ2v) is 5.44. The van der Waals surface area contributed by atoms with Crippen molar-refractivity contribution in [2.45, 2.75) is 6.54 Å². The molecule has 6 nitrogen and oxygen atoms in total. The predicted molar refractivity (Wildman–Crippen MR) is 95.6 cm³/mol. The number of aromatic nitrogens is 1. The molecule has 1 aromatic heterocycles. The first kappa shape index (κ1) is 16.7. The van der Waals surface area contributed by atoms with Gasteiger partial charge in [-0.1, -0.05) is 30.3 Å². The van der Waals surface area contributed by atoms with Crippen LogP contribution in [0.4, 0.5) is 0 Å². The molecule has 6 heteroatoms. The maximum atomic E-state index is 12.7. The molecule has 0 saturated carbocycles. The smallest absolute Gasteiger partial charge is 0.253 e. The lowest BCUT2D eigenvalue weighted by Crippen LogP contribution is -2.22. The zero-order valence-electron chi connectivity index (χ0n) is 14.4. The second kappa shape index (κ2) is 7.17. The molecule has 0 spiro atoms. The van der Waals surface area contributed by atoms with Crippen molar-refractivity contribution in [2.75, 3.05) is 21.3 Å². The first-order chi connectivity index (χ1) is 12.2. The molecular formula is C19H20N2O4. The van der Waals surface area contributed by atoms with Crippen LogP contribution in [0, 0.1) is 0 Å². The third-order valence-electron chi connectivity index (χ3n) is 4.01. The Morgan fingerprint density at radius 1 is 1.04 bits per heavy atom. The van der Waals surface area contributed by atoms with E-state index in [-0.39, 0.29) is 5.91 Å². The minimum atomic E-state index is -0.194. The molecule has 0 bridgehead atoms. The first-order valence-electron chi connectivity index (χ1n) is 7.81. The third-order valence-corrected chi connectivity index (χ3v) is 4.01. The summed E-state index contributed by atoms with van der Waals surface area (Å²) in [6.45, 7) is 0.446. The number of nitrogens with one attached hydrogen (secondary N) is 2. The lowest BCUT2D eigenvalue weighted by Gasteiger charge is -2.14. The highest BCUT2D eigenvalue weighted by molar-refractivity contribution is 6.10. The SMILES string of the molecule is COc1cc2[nH]cc(C(=O)NCc3ccccc3)c2c(OC)c1OC. The van der Waals surface area contributed by atoms with Crippen LogP contribution < -0.4 is 19.5 Å². The predicted octanol–water partition coefficient (Wildman–Crippen LogP) is 3.12. The fourth-order valence-electron chi connectivity index (χ4n) is 2.81. The van der Waals surface area contributed by atoms with Crippen LogP contribution in [-0.2, 0) is 6.54 Å². The maximum absolute atomic E-state index is 12.7. The Bertz CT molecular complexity index is 887. The van der Waals surface area contributed by atoms with Crippen LogP contribution in [0.5, 0.6) is 17.2 Å². The molecule has 0 atom stereocenters. The first-order valence-corrected chi connectivity index (χ1v) is 7.81. The highest BCUT2D eigenvalue weighted by Gasteiger charge is 2.22. The summed E-state index contributed by atoms with van der Waals surface area (Å²) >= 11 is 0. The number of aromatic amines is 1. The van der Waals surface area contributed by atoms with Crippen LogP contribution in [-0.4, -0.2) is 32.2 Å². The van der Waals surface area contributed by atoms with Gasteiger partial charge in [0.25, 0.3) is 5.91 Å². The zero-order chi connectivity index (χ0) is 17.8. The van der Waals surface area contributed by atoms with E-state index >= 15 is 0 Å². The zero-order valence-corrected chi connectivity index (χ0v) is 14.4. The number of carbonyl (C=O) groups excluding carboxylic acids is 1. The molecule has 0 aliphatic carbocycles. The summed E-state index contributed by atoms with van der Waals surface area (Å²) in [5.41, 5.74) is 2.25. The Labute approximate surface area is 145 Å². The van der Waals surface area contributed by atoms with Crippen LogP contribution in [0.1, 0.15) is 15.9 Å². The van der Waals surface area contributed by atoms with Gasteiger partial charge in [0.05, 0.1) is 37.8 Å². The van der Waals surface area contributed by atoms with Gasteiger partial charge in [0.2, 0.25) is 5.75 Å². The fourth-order valence-corrected chi connectivity index (χ4v) is 2.81. The number of fused-ring (bicyclic) bond motifs is 1. The molecule has 0 saturated heterocycles. The summed E-state index contributed by atoms with van der Waals surface area (Å²) in [6.07, 6.45) is 1.66. The maximum Gasteiger partial charge on any atom is 0.253 e. The summed E-state index contributed by atoms with van der Waals surface area (Å²) in [7, 11) is 4.63. The number of H-pyrrole nitrogens is 1. The average molecular weight is 340 g/mol. The fraction of sp³-hybridized carbons (Fsp3) is 0.211. The summed E-state index contributed by atoms with van der Waals surface area (Å²) in [5.74, 6) is 1.25. The van der Waals surface area contributed by atoms with Crippen LogP contribution in [0.15, 0.2) is 42.6 Å². The summed E-state index contributed by atoms with van der Waals surface area (Å²) < 4.78 is 16.2. The molecule has 0 fully saturated rings. The minimum absolute atomic E-state index is 0.194. The Morgan fingerprint density at radius 2 is 1.76 bits per heavy atom. The molecule has 0 radical (unpaired) electrons. The van der Waals surface area contributed by atoms with Gasteiger partial charge in [-0.25, -0.2) is 0 Å². The van der Waals surface area contributed by atoms with Crippen molar-refractivity contribution in [1.82, 2.24) is 10.3 Å². The Balaban J connectivity index is 1.97. The van der Waals surface area contributed by atoms with Crippen LogP contribution in [0.25, 0.3) is 10.9 Å². The lowest BCUT2D eigenvalue weighted by molar-refractivity contribution is 0.0952. The van der Waals surface area contributed by atoms with Gasteiger partial charge in [-0.05, 0) is 5.56 Å². The van der Waals surface area contributed by atoms with Gasteiger partial charge >= 0.3 is 0 Å². The normalized spacial score (nSPS) is 10.5. The number of carbonyl (C=O) groups is 1. The highest BCUT2D eigenvalue weighted by atomic mass is 16.5. The number of benzene rings is 2. The van der Waals surface area contributed by atoms with Gasteiger partial charge in [-0.3, -0.25) is 4.79 Å². The van der Waals surface area contributed by atoms with Crippen LogP contribution in [0.3, 0.4) is 0 Å². The monoisotopic (exact) mass is 340 g/mol. The van der Waals surface area contributed by atoms with Gasteiger partial charge in [0.15, 0.2) is 11.5 Å². The van der Waals surface area contributed by atoms with Crippen molar-refractivity contribution in [3.05, 3.63) is 53.7 Å². The van der Waals surface area contributed by atoms with E-state index in [9.17, 15) is 4.79 Å². The van der Waals surface area contributed by atoms with Crippen LogP contribution >= 0.6 is 0 Å². The van der Waals surface area contributed by atoms with Crippen molar-refractivity contribution in [1.29, 1.82) is 0 Å². The largest absolute Gasteiger partial charge is 0.493 e. The topological polar surface area (TPSA) is 72.6 Å². The van der Waals surface area contributed by atoms with Crippen LogP contribution in [0.2, 0.25) is 0 Å². The molecule has 2 aromatic carbocycles. The standard InChI is InChI=1S/C19H20N2O4/c1-23-15-9-14-16(18(25-3)17(15)24-2)13(11-20-14)19(22)21-10-12-7-5-4-6-8-12/h4-9,11,20H,10H2,1-3H3,(H,21,22). The number of hydrogen-bond acceptors (Lipinski definition) is 4. The van der Waals surface area contributed by atoms with Gasteiger partial charge in [-0.2, -0.15) is 0 Å². The molecule has 1 amide bonds. The summed E-state index contributed by atoms with van der Waals surface area (Å²) in [6, 6.07) is 11.5. The summed E-state index contributed by atoms with van der Waals surface area (Å²) in [5, 5.41) is 3.58. The van der Waals surface area contributed by atoms with Crippen molar-refractivity contribution < 1.29 is 19.0 Å². The number of methoxy groups -OCH3 is 3. The number of rotatable bonds is 6. The van der Waals surface area contributed by atoms with E-state index in [1.807, 2.05) is 30.3 Å². The average Bonchev–Trinajstić information content (AvgIpc) is 3.08. The van der Waals surface area contributed by atoms with Crippen molar-refractivity contribution in [3.8, 4) is 17.2 Å². The van der Waals surface area contributed by atoms with E-state index in [1.54, 1.807) is 19.4 Å². The summed E-state index contributed by atoms with van der Waals surface area (Å²) in [4.78, 5) is 15.7. The van der Waals surface area contributed by atoms with Crippen molar-refractivity contribution in [2.24, 2.45) is 0 Å². The number of ether oxygens (including phenoxy) is 3. The molecule has 3 rings (SSSR count). The minimum Gasteiger partial charge on any atom is -0.493 e. The molecule has 0 aliphatic heterocycles. The molecule has 1 heterocycles. The van der Waals surface area contributed by atoms with E-state index < -0.39 is 0 Å². The highest BCUT2D eigenvalue weighted by Crippen LogP contribution is 2.44. The second-order valence-electron chi connectivity index (χ2n) is 5.44.